The fraction of sp³-hybridized carbons (Fsp3) is 0.0667. The first kappa shape index (κ1) is 15.4. The number of hydrogen-bond acceptors (Lipinski definition) is 7. The summed E-state index contributed by atoms with van der Waals surface area (Å²) in [6.07, 6.45) is 5.10. The van der Waals surface area contributed by atoms with E-state index >= 15 is 0 Å². The number of carbonyl (C=O) groups is 1. The second-order valence-corrected chi connectivity index (χ2v) is 7.08. The first-order valence-electron chi connectivity index (χ1n) is 6.69. The first-order chi connectivity index (χ1) is 11.1. The van der Waals surface area contributed by atoms with Gasteiger partial charge in [-0.25, -0.2) is 9.97 Å². The van der Waals surface area contributed by atoms with Gasteiger partial charge in [-0.05, 0) is 36.8 Å². The number of nitrogens with one attached hydrogen (secondary N) is 1. The van der Waals surface area contributed by atoms with Gasteiger partial charge in [-0.3, -0.25) is 9.78 Å². The highest BCUT2D eigenvalue weighted by Gasteiger charge is 2.08. The molecule has 0 aromatic carbocycles. The largest absolute Gasteiger partial charge is 0.364 e. The fourth-order valence-electron chi connectivity index (χ4n) is 1.80. The van der Waals surface area contributed by atoms with Gasteiger partial charge in [0.05, 0.1) is 10.4 Å². The number of rotatable bonds is 5. The summed E-state index contributed by atoms with van der Waals surface area (Å²) in [5.74, 6) is 0.223. The molecule has 0 aliphatic rings. The molecule has 6 nitrogen and oxygen atoms in total. The van der Waals surface area contributed by atoms with Crippen molar-refractivity contribution in [1.82, 2.24) is 15.0 Å². The smallest absolute Gasteiger partial charge is 0.267 e. The average Bonchev–Trinajstić information content (AvgIpc) is 2.94. The van der Waals surface area contributed by atoms with E-state index in [2.05, 4.69) is 20.3 Å². The molecule has 0 unspecified atom stereocenters. The van der Waals surface area contributed by atoms with Crippen LogP contribution in [0.5, 0.6) is 0 Å². The summed E-state index contributed by atoms with van der Waals surface area (Å²) in [4.78, 5) is 24.6. The molecule has 3 heterocycles. The summed E-state index contributed by atoms with van der Waals surface area (Å²) in [6, 6.07) is 7.39. The second kappa shape index (κ2) is 6.76. The number of anilines is 2. The van der Waals surface area contributed by atoms with Gasteiger partial charge in [0.15, 0.2) is 5.13 Å². The summed E-state index contributed by atoms with van der Waals surface area (Å²) in [5, 5.41) is 3.94. The molecule has 0 spiro atoms. The van der Waals surface area contributed by atoms with Crippen molar-refractivity contribution in [3.63, 3.8) is 0 Å². The van der Waals surface area contributed by atoms with Crippen LogP contribution in [0.1, 0.15) is 16.1 Å². The molecular formula is C15H13N5OS2. The number of hydrogen-bond donors (Lipinski definition) is 2. The number of nitrogens with two attached hydrogens (primary N) is 1. The number of aryl methyl sites for hydroxylation is 1. The van der Waals surface area contributed by atoms with E-state index in [9.17, 15) is 4.79 Å². The van der Waals surface area contributed by atoms with Crippen LogP contribution in [0.2, 0.25) is 0 Å². The van der Waals surface area contributed by atoms with Gasteiger partial charge in [0.25, 0.3) is 5.91 Å². The third-order valence-corrected chi connectivity index (χ3v) is 4.84. The van der Waals surface area contributed by atoms with Crippen molar-refractivity contribution >= 4 is 40.0 Å². The standard InChI is InChI=1S/C15H13N5OS2/c1-9-2-4-18-12(6-9)20-15-19-8-13(23-15)22-10-3-5-17-11(7-10)14(16)21/h2-8H,1H3,(H2,16,21)(H,18,19,20). The lowest BCUT2D eigenvalue weighted by Gasteiger charge is -2.01. The number of amides is 1. The van der Waals surface area contributed by atoms with Crippen molar-refractivity contribution in [3.8, 4) is 0 Å². The molecule has 0 bridgehead atoms. The highest BCUT2D eigenvalue weighted by Crippen LogP contribution is 2.34. The Bertz CT molecular complexity index is 849. The maximum atomic E-state index is 11.2. The Morgan fingerprint density at radius 3 is 2.83 bits per heavy atom. The molecule has 0 fully saturated rings. The monoisotopic (exact) mass is 343 g/mol. The summed E-state index contributed by atoms with van der Waals surface area (Å²) in [5.41, 5.74) is 6.62. The Kier molecular flexibility index (Phi) is 4.54. The van der Waals surface area contributed by atoms with Gasteiger partial charge in [0.2, 0.25) is 0 Å². The predicted octanol–water partition coefficient (Wildman–Crippen LogP) is 3.24. The maximum Gasteiger partial charge on any atom is 0.267 e. The zero-order chi connectivity index (χ0) is 16.2. The van der Waals surface area contributed by atoms with Gasteiger partial charge in [-0.1, -0.05) is 23.1 Å². The molecular weight excluding hydrogens is 330 g/mol. The molecule has 3 rings (SSSR count). The zero-order valence-electron chi connectivity index (χ0n) is 12.2. The number of pyridine rings is 2. The molecule has 0 saturated carbocycles. The van der Waals surface area contributed by atoms with Crippen LogP contribution in [0.25, 0.3) is 0 Å². The molecule has 0 saturated heterocycles. The molecule has 1 amide bonds. The van der Waals surface area contributed by atoms with Crippen LogP contribution < -0.4 is 11.1 Å². The lowest BCUT2D eigenvalue weighted by Crippen LogP contribution is -2.12. The zero-order valence-corrected chi connectivity index (χ0v) is 13.8. The second-order valence-electron chi connectivity index (χ2n) is 4.67. The third kappa shape index (κ3) is 4.05. The fourth-order valence-corrected chi connectivity index (χ4v) is 3.69. The quantitative estimate of drug-likeness (QED) is 0.738. The van der Waals surface area contributed by atoms with Crippen LogP contribution in [-0.4, -0.2) is 20.9 Å². The van der Waals surface area contributed by atoms with Crippen molar-refractivity contribution in [2.45, 2.75) is 16.0 Å². The highest BCUT2D eigenvalue weighted by atomic mass is 32.2. The molecule has 8 heteroatoms. The molecule has 3 N–H and O–H groups in total. The number of thiazole rings is 1. The Morgan fingerprint density at radius 2 is 2.04 bits per heavy atom. The maximum absolute atomic E-state index is 11.2. The van der Waals surface area contributed by atoms with Crippen molar-refractivity contribution in [2.75, 3.05) is 5.32 Å². The van der Waals surface area contributed by atoms with Crippen LogP contribution in [0.15, 0.2) is 52.0 Å². The van der Waals surface area contributed by atoms with Gasteiger partial charge in [0, 0.05) is 17.3 Å². The normalized spacial score (nSPS) is 10.5. The summed E-state index contributed by atoms with van der Waals surface area (Å²) in [7, 11) is 0. The van der Waals surface area contributed by atoms with Gasteiger partial charge in [-0.15, -0.1) is 0 Å². The van der Waals surface area contributed by atoms with Crippen LogP contribution in [0.3, 0.4) is 0 Å². The van der Waals surface area contributed by atoms with Gasteiger partial charge in [0.1, 0.15) is 11.5 Å². The van der Waals surface area contributed by atoms with E-state index in [0.29, 0.717) is 0 Å². The minimum absolute atomic E-state index is 0.252. The third-order valence-electron chi connectivity index (χ3n) is 2.84. The van der Waals surface area contributed by atoms with Crippen molar-refractivity contribution in [1.29, 1.82) is 0 Å². The summed E-state index contributed by atoms with van der Waals surface area (Å²) in [6.45, 7) is 2.01. The van der Waals surface area contributed by atoms with E-state index in [1.54, 1.807) is 24.7 Å². The molecule has 0 radical (unpaired) electrons. The van der Waals surface area contributed by atoms with Gasteiger partial charge in [-0.2, -0.15) is 0 Å². The van der Waals surface area contributed by atoms with E-state index in [-0.39, 0.29) is 5.69 Å². The van der Waals surface area contributed by atoms with E-state index in [0.717, 1.165) is 25.6 Å². The Morgan fingerprint density at radius 1 is 1.22 bits per heavy atom. The number of nitrogens with zero attached hydrogens (tertiary/aromatic N) is 3. The van der Waals surface area contributed by atoms with Gasteiger partial charge >= 0.3 is 0 Å². The predicted molar refractivity (Wildman–Crippen MR) is 91.2 cm³/mol. The molecule has 0 aliphatic heterocycles. The molecule has 0 atom stereocenters. The first-order valence-corrected chi connectivity index (χ1v) is 8.33. The van der Waals surface area contributed by atoms with Crippen LogP contribution in [0, 0.1) is 6.92 Å². The minimum Gasteiger partial charge on any atom is -0.364 e. The van der Waals surface area contributed by atoms with E-state index < -0.39 is 5.91 Å². The summed E-state index contributed by atoms with van der Waals surface area (Å²) < 4.78 is 0.988. The Balaban J connectivity index is 1.72. The number of primary amides is 1. The lowest BCUT2D eigenvalue weighted by atomic mass is 10.3. The van der Waals surface area contributed by atoms with E-state index in [4.69, 9.17) is 5.73 Å². The van der Waals surface area contributed by atoms with Crippen LogP contribution >= 0.6 is 23.1 Å². The topological polar surface area (TPSA) is 93.8 Å². The van der Waals surface area contributed by atoms with Crippen molar-refractivity contribution in [3.05, 3.63) is 54.1 Å². The summed E-state index contributed by atoms with van der Waals surface area (Å²) >= 11 is 3.01. The Hall–Kier alpha value is -2.45. The molecule has 3 aromatic heterocycles. The minimum atomic E-state index is -0.537. The van der Waals surface area contributed by atoms with Gasteiger partial charge < -0.3 is 11.1 Å². The average molecular weight is 343 g/mol. The molecule has 3 aromatic rings. The number of aromatic nitrogens is 3. The number of carbonyl (C=O) groups excluding carboxylic acids is 1. The van der Waals surface area contributed by atoms with Crippen LogP contribution in [0.4, 0.5) is 10.9 Å². The van der Waals surface area contributed by atoms with Crippen molar-refractivity contribution in [2.24, 2.45) is 5.73 Å². The molecule has 23 heavy (non-hydrogen) atoms. The molecule has 116 valence electrons. The Labute approximate surface area is 141 Å². The lowest BCUT2D eigenvalue weighted by molar-refractivity contribution is 0.0995. The highest BCUT2D eigenvalue weighted by molar-refractivity contribution is 8.01. The molecule has 0 aliphatic carbocycles. The van der Waals surface area contributed by atoms with Crippen molar-refractivity contribution < 1.29 is 4.79 Å². The van der Waals surface area contributed by atoms with E-state index in [1.165, 1.54) is 23.1 Å². The SMILES string of the molecule is Cc1ccnc(Nc2ncc(Sc3ccnc(C(N)=O)c3)s2)c1. The van der Waals surface area contributed by atoms with Crippen LogP contribution in [-0.2, 0) is 0 Å². The van der Waals surface area contributed by atoms with E-state index in [1.807, 2.05) is 25.1 Å².